The number of aromatic hydroxyl groups is 1. The van der Waals surface area contributed by atoms with Gasteiger partial charge in [0.1, 0.15) is 5.75 Å². The molecule has 0 saturated carbocycles. The summed E-state index contributed by atoms with van der Waals surface area (Å²) in [5.41, 5.74) is 1.52. The molecule has 0 aliphatic carbocycles. The van der Waals surface area contributed by atoms with Gasteiger partial charge in [0, 0.05) is 6.54 Å². The Hall–Kier alpha value is -2.93. The number of phenolic OH excluding ortho intramolecular Hbond substituents is 1. The number of benzene rings is 2. The van der Waals surface area contributed by atoms with Gasteiger partial charge in [0.15, 0.2) is 16.7 Å². The summed E-state index contributed by atoms with van der Waals surface area (Å²) in [6.07, 6.45) is 1.83. The Bertz CT molecular complexity index is 923. The van der Waals surface area contributed by atoms with Crippen LogP contribution in [0.2, 0.25) is 0 Å². The van der Waals surface area contributed by atoms with Crippen molar-refractivity contribution in [2.45, 2.75) is 13.8 Å². The van der Waals surface area contributed by atoms with Crippen LogP contribution in [0.25, 0.3) is 6.08 Å². The van der Waals surface area contributed by atoms with Crippen LogP contribution in [-0.2, 0) is 4.79 Å². The summed E-state index contributed by atoms with van der Waals surface area (Å²) < 4.78 is 10.9. The van der Waals surface area contributed by atoms with Gasteiger partial charge >= 0.3 is 0 Å². The van der Waals surface area contributed by atoms with E-state index in [1.165, 1.54) is 11.8 Å². The molecule has 0 unspecified atom stereocenters. The minimum atomic E-state index is -0.0853. The van der Waals surface area contributed by atoms with Crippen LogP contribution >= 0.6 is 11.8 Å². The first kappa shape index (κ1) is 19.8. The van der Waals surface area contributed by atoms with Crippen molar-refractivity contribution in [3.05, 3.63) is 52.9 Å². The highest BCUT2D eigenvalue weighted by atomic mass is 32.2. The molecular weight excluding hydrogens is 376 g/mol. The second kappa shape index (κ2) is 8.84. The molecule has 1 heterocycles. The van der Waals surface area contributed by atoms with E-state index in [0.29, 0.717) is 40.4 Å². The number of thioether (sulfide) groups is 1. The van der Waals surface area contributed by atoms with E-state index in [0.717, 1.165) is 5.56 Å². The fourth-order valence-corrected chi connectivity index (χ4v) is 3.77. The normalized spacial score (nSPS) is 16.8. The second-order valence-electron chi connectivity index (χ2n) is 5.91. The topological polar surface area (TPSA) is 71.4 Å². The lowest BCUT2D eigenvalue weighted by atomic mass is 10.2. The van der Waals surface area contributed by atoms with Gasteiger partial charge in [-0.2, -0.15) is 0 Å². The van der Waals surface area contributed by atoms with Crippen molar-refractivity contribution in [1.82, 2.24) is 4.90 Å². The summed E-state index contributed by atoms with van der Waals surface area (Å²) in [5, 5.41) is 10.0. The average Bonchev–Trinajstić information content (AvgIpc) is 2.99. The molecule has 28 heavy (non-hydrogen) atoms. The number of rotatable bonds is 6. The Morgan fingerprint density at radius 3 is 2.54 bits per heavy atom. The number of carbonyl (C=O) groups excluding carboxylic acids is 1. The van der Waals surface area contributed by atoms with Gasteiger partial charge in [0.05, 0.1) is 24.3 Å². The molecule has 3 rings (SSSR count). The number of ether oxygens (including phenoxy) is 2. The largest absolute Gasteiger partial charge is 0.508 e. The van der Waals surface area contributed by atoms with Crippen LogP contribution in [0, 0.1) is 0 Å². The number of methoxy groups -OCH3 is 1. The Balaban J connectivity index is 1.90. The van der Waals surface area contributed by atoms with E-state index >= 15 is 0 Å². The number of nitrogens with zero attached hydrogens (tertiary/aromatic N) is 2. The number of carbonyl (C=O) groups is 1. The quantitative estimate of drug-likeness (QED) is 0.729. The molecule has 146 valence electrons. The van der Waals surface area contributed by atoms with Gasteiger partial charge in [-0.15, -0.1) is 0 Å². The van der Waals surface area contributed by atoms with E-state index in [-0.39, 0.29) is 11.7 Å². The highest BCUT2D eigenvalue weighted by Gasteiger charge is 2.32. The molecule has 1 N–H and O–H groups in total. The number of aliphatic imine (C=N–C) groups is 1. The molecule has 0 spiro atoms. The van der Waals surface area contributed by atoms with Crippen LogP contribution < -0.4 is 9.47 Å². The molecule has 1 fully saturated rings. The fourth-order valence-electron chi connectivity index (χ4n) is 2.71. The van der Waals surface area contributed by atoms with Gasteiger partial charge in [-0.25, -0.2) is 4.99 Å². The number of hydrogen-bond acceptors (Lipinski definition) is 6. The van der Waals surface area contributed by atoms with Gasteiger partial charge in [-0.3, -0.25) is 9.69 Å². The Kier molecular flexibility index (Phi) is 6.26. The standard InChI is InChI=1S/C21H22N2O4S/c1-4-23-20(25)19(28-21(23)22-15-7-9-16(24)10-8-15)13-14-6-11-17(27-5-2)18(12-14)26-3/h6-13,24H,4-5H2,1-3H3/b19-13-,22-21?. The van der Waals surface area contributed by atoms with Gasteiger partial charge in [0.25, 0.3) is 5.91 Å². The van der Waals surface area contributed by atoms with Crippen LogP contribution in [0.3, 0.4) is 0 Å². The predicted octanol–water partition coefficient (Wildman–Crippen LogP) is 4.42. The van der Waals surface area contributed by atoms with Crippen LogP contribution in [-0.4, -0.2) is 41.3 Å². The Labute approximate surface area is 168 Å². The van der Waals surface area contributed by atoms with Crippen molar-refractivity contribution >= 4 is 34.6 Å². The number of phenols is 1. The molecule has 0 aromatic heterocycles. The maximum absolute atomic E-state index is 12.8. The first-order valence-corrected chi connectivity index (χ1v) is 9.77. The first-order chi connectivity index (χ1) is 13.5. The lowest BCUT2D eigenvalue weighted by molar-refractivity contribution is -0.122. The zero-order valence-corrected chi connectivity index (χ0v) is 16.8. The number of hydrogen-bond donors (Lipinski definition) is 1. The third-order valence-corrected chi connectivity index (χ3v) is 5.07. The van der Waals surface area contributed by atoms with Crippen molar-refractivity contribution in [2.24, 2.45) is 4.99 Å². The molecule has 0 radical (unpaired) electrons. The van der Waals surface area contributed by atoms with Crippen LogP contribution in [0.15, 0.2) is 52.4 Å². The molecule has 2 aromatic rings. The minimum Gasteiger partial charge on any atom is -0.508 e. The van der Waals surface area contributed by atoms with E-state index in [1.807, 2.05) is 38.1 Å². The van der Waals surface area contributed by atoms with E-state index in [4.69, 9.17) is 9.47 Å². The van der Waals surface area contributed by atoms with Gasteiger partial charge in [-0.05, 0) is 73.6 Å². The summed E-state index contributed by atoms with van der Waals surface area (Å²) in [6, 6.07) is 12.1. The minimum absolute atomic E-state index is 0.0853. The van der Waals surface area contributed by atoms with Gasteiger partial charge < -0.3 is 14.6 Å². The number of amidine groups is 1. The molecule has 2 aromatic carbocycles. The van der Waals surface area contributed by atoms with E-state index in [9.17, 15) is 9.90 Å². The van der Waals surface area contributed by atoms with Crippen molar-refractivity contribution in [2.75, 3.05) is 20.3 Å². The summed E-state index contributed by atoms with van der Waals surface area (Å²) in [6.45, 7) is 4.89. The molecule has 0 bridgehead atoms. The molecule has 1 saturated heterocycles. The highest BCUT2D eigenvalue weighted by Crippen LogP contribution is 2.35. The third-order valence-electron chi connectivity index (χ3n) is 4.06. The van der Waals surface area contributed by atoms with Gasteiger partial charge in [0.2, 0.25) is 0 Å². The van der Waals surface area contributed by atoms with E-state index in [1.54, 1.807) is 36.3 Å². The van der Waals surface area contributed by atoms with Crippen LogP contribution in [0.4, 0.5) is 5.69 Å². The highest BCUT2D eigenvalue weighted by molar-refractivity contribution is 8.18. The maximum atomic E-state index is 12.8. The monoisotopic (exact) mass is 398 g/mol. The summed E-state index contributed by atoms with van der Waals surface area (Å²) in [7, 11) is 1.59. The lowest BCUT2D eigenvalue weighted by Crippen LogP contribution is -2.28. The maximum Gasteiger partial charge on any atom is 0.266 e. The second-order valence-corrected chi connectivity index (χ2v) is 6.92. The molecule has 1 aliphatic heterocycles. The molecular formula is C21H22N2O4S. The lowest BCUT2D eigenvalue weighted by Gasteiger charge is -2.12. The first-order valence-electron chi connectivity index (χ1n) is 8.95. The molecule has 1 amide bonds. The molecule has 0 atom stereocenters. The fraction of sp³-hybridized carbons (Fsp3) is 0.238. The molecule has 1 aliphatic rings. The Morgan fingerprint density at radius 1 is 1.14 bits per heavy atom. The van der Waals surface area contributed by atoms with E-state index in [2.05, 4.69) is 4.99 Å². The zero-order chi connectivity index (χ0) is 20.1. The van der Waals surface area contributed by atoms with Crippen molar-refractivity contribution < 1.29 is 19.4 Å². The zero-order valence-electron chi connectivity index (χ0n) is 16.0. The van der Waals surface area contributed by atoms with Crippen molar-refractivity contribution in [3.8, 4) is 17.2 Å². The molecule has 7 heteroatoms. The smallest absolute Gasteiger partial charge is 0.266 e. The summed E-state index contributed by atoms with van der Waals surface area (Å²) in [5.74, 6) is 1.38. The molecule has 6 nitrogen and oxygen atoms in total. The van der Waals surface area contributed by atoms with E-state index < -0.39 is 0 Å². The van der Waals surface area contributed by atoms with Crippen molar-refractivity contribution in [3.63, 3.8) is 0 Å². The Morgan fingerprint density at radius 2 is 1.89 bits per heavy atom. The predicted molar refractivity (Wildman–Crippen MR) is 112 cm³/mol. The van der Waals surface area contributed by atoms with Gasteiger partial charge in [-0.1, -0.05) is 6.07 Å². The number of likely N-dealkylation sites (N-methyl/N-ethyl adjacent to an activating group) is 1. The number of amides is 1. The third kappa shape index (κ3) is 4.31. The van der Waals surface area contributed by atoms with Crippen LogP contribution in [0.1, 0.15) is 19.4 Å². The average molecular weight is 398 g/mol. The summed E-state index contributed by atoms with van der Waals surface area (Å²) in [4.78, 5) is 19.6. The van der Waals surface area contributed by atoms with Crippen LogP contribution in [0.5, 0.6) is 17.2 Å². The van der Waals surface area contributed by atoms with Crippen molar-refractivity contribution in [1.29, 1.82) is 0 Å². The SMILES string of the molecule is CCOc1ccc(/C=C2\SC(=Nc3ccc(O)cc3)N(CC)C2=O)cc1OC. The summed E-state index contributed by atoms with van der Waals surface area (Å²) >= 11 is 1.33.